The molecule has 0 unspecified atom stereocenters. The summed E-state index contributed by atoms with van der Waals surface area (Å²) in [6.45, 7) is 4.77. The minimum absolute atomic E-state index is 0.617. The van der Waals surface area contributed by atoms with Gasteiger partial charge in [-0.3, -0.25) is 0 Å². The molecule has 0 amide bonds. The number of nitrogen functional groups attached to an aromatic ring is 1. The maximum atomic E-state index is 5.70. The van der Waals surface area contributed by atoms with Gasteiger partial charge in [-0.05, 0) is 37.1 Å². The van der Waals surface area contributed by atoms with E-state index < -0.39 is 0 Å². The summed E-state index contributed by atoms with van der Waals surface area (Å²) in [5.74, 6) is 0.922. The van der Waals surface area contributed by atoms with E-state index >= 15 is 0 Å². The monoisotopic (exact) mass is 248 g/mol. The molecule has 0 radical (unpaired) electrons. The van der Waals surface area contributed by atoms with E-state index in [0.717, 1.165) is 17.9 Å². The highest BCUT2D eigenvalue weighted by Crippen LogP contribution is 2.17. The van der Waals surface area contributed by atoms with Crippen molar-refractivity contribution in [3.05, 3.63) is 40.4 Å². The van der Waals surface area contributed by atoms with Gasteiger partial charge in [0.05, 0.1) is 12.3 Å². The maximum Gasteiger partial charge on any atom is 0.180 e. The van der Waals surface area contributed by atoms with Gasteiger partial charge in [-0.1, -0.05) is 6.07 Å². The molecule has 0 saturated carbocycles. The Morgan fingerprint density at radius 3 is 2.53 bits per heavy atom. The van der Waals surface area contributed by atoms with Crippen LogP contribution in [0.4, 0.5) is 5.13 Å². The lowest BCUT2D eigenvalue weighted by Gasteiger charge is -2.07. The third-order valence-corrected chi connectivity index (χ3v) is 3.11. The van der Waals surface area contributed by atoms with Crippen molar-refractivity contribution in [1.82, 2.24) is 4.98 Å². The molecule has 3 nitrogen and oxygen atoms in total. The van der Waals surface area contributed by atoms with E-state index in [9.17, 15) is 0 Å². The molecule has 0 spiro atoms. The van der Waals surface area contributed by atoms with Crippen molar-refractivity contribution in [3.63, 3.8) is 0 Å². The number of nitrogens with two attached hydrogens (primary N) is 1. The second-order valence-corrected chi connectivity index (χ2v) is 4.99. The summed E-state index contributed by atoms with van der Waals surface area (Å²) in [5.41, 5.74) is 9.01. The Kier molecular flexibility index (Phi) is 3.64. The van der Waals surface area contributed by atoms with E-state index in [1.807, 2.05) is 17.5 Å². The van der Waals surface area contributed by atoms with E-state index in [1.54, 1.807) is 0 Å². The highest BCUT2D eigenvalue weighted by molar-refractivity contribution is 7.13. The van der Waals surface area contributed by atoms with Gasteiger partial charge in [-0.2, -0.15) is 0 Å². The normalized spacial score (nSPS) is 10.5. The number of aryl methyl sites for hydroxylation is 2. The van der Waals surface area contributed by atoms with Crippen LogP contribution < -0.4 is 10.5 Å². The van der Waals surface area contributed by atoms with E-state index in [4.69, 9.17) is 10.5 Å². The fraction of sp³-hybridized carbons (Fsp3) is 0.308. The Labute approximate surface area is 105 Å². The number of benzene rings is 1. The number of thiazole rings is 1. The minimum atomic E-state index is 0.617. The molecule has 0 bridgehead atoms. The molecular formula is C13H16N2OS. The lowest BCUT2D eigenvalue weighted by Crippen LogP contribution is -2.02. The maximum absolute atomic E-state index is 5.70. The number of hydrogen-bond acceptors (Lipinski definition) is 4. The van der Waals surface area contributed by atoms with Gasteiger partial charge in [0.25, 0.3) is 0 Å². The van der Waals surface area contributed by atoms with Crippen molar-refractivity contribution in [3.8, 4) is 5.75 Å². The molecular weight excluding hydrogens is 232 g/mol. The Bertz CT molecular complexity index is 488. The highest BCUT2D eigenvalue weighted by atomic mass is 32.1. The summed E-state index contributed by atoms with van der Waals surface area (Å²) in [7, 11) is 0. The van der Waals surface area contributed by atoms with E-state index in [2.05, 4.69) is 24.9 Å². The quantitative estimate of drug-likeness (QED) is 0.905. The van der Waals surface area contributed by atoms with Crippen LogP contribution in [0.2, 0.25) is 0 Å². The Hall–Kier alpha value is -1.55. The first kappa shape index (κ1) is 11.9. The molecule has 17 heavy (non-hydrogen) atoms. The molecule has 1 aromatic carbocycles. The lowest BCUT2D eigenvalue weighted by atomic mass is 10.1. The topological polar surface area (TPSA) is 48.1 Å². The van der Waals surface area contributed by atoms with Gasteiger partial charge in [0.2, 0.25) is 0 Å². The second-order valence-electron chi connectivity index (χ2n) is 4.10. The molecule has 4 heteroatoms. The fourth-order valence-corrected chi connectivity index (χ4v) is 2.32. The van der Waals surface area contributed by atoms with Crippen molar-refractivity contribution < 1.29 is 4.74 Å². The van der Waals surface area contributed by atoms with Crippen molar-refractivity contribution in [2.45, 2.75) is 20.3 Å². The number of anilines is 1. The van der Waals surface area contributed by atoms with Gasteiger partial charge in [0.1, 0.15) is 5.75 Å². The number of rotatable bonds is 4. The van der Waals surface area contributed by atoms with Crippen LogP contribution in [0.1, 0.15) is 16.8 Å². The number of aromatic nitrogens is 1. The summed E-state index contributed by atoms with van der Waals surface area (Å²) in [4.78, 5) is 4.19. The Morgan fingerprint density at radius 2 is 1.94 bits per heavy atom. The van der Waals surface area contributed by atoms with Crippen LogP contribution in [0.15, 0.2) is 23.6 Å². The zero-order chi connectivity index (χ0) is 12.3. The fourth-order valence-electron chi connectivity index (χ4n) is 1.73. The number of nitrogens with zero attached hydrogens (tertiary/aromatic N) is 1. The zero-order valence-corrected chi connectivity index (χ0v) is 10.9. The molecule has 0 saturated heterocycles. The Morgan fingerprint density at radius 1 is 1.24 bits per heavy atom. The lowest BCUT2D eigenvalue weighted by molar-refractivity contribution is 0.320. The summed E-state index contributed by atoms with van der Waals surface area (Å²) in [6.07, 6.45) is 0.792. The first-order valence-electron chi connectivity index (χ1n) is 5.54. The van der Waals surface area contributed by atoms with Crippen LogP contribution in [0.5, 0.6) is 5.75 Å². The Balaban J connectivity index is 1.89. The smallest absolute Gasteiger partial charge is 0.180 e. The van der Waals surface area contributed by atoms with Crippen LogP contribution in [-0.2, 0) is 6.42 Å². The third-order valence-electron chi connectivity index (χ3n) is 2.39. The van der Waals surface area contributed by atoms with Gasteiger partial charge in [0, 0.05) is 11.8 Å². The molecule has 2 aromatic rings. The first-order valence-corrected chi connectivity index (χ1v) is 6.42. The van der Waals surface area contributed by atoms with E-state index in [-0.39, 0.29) is 0 Å². The average molecular weight is 248 g/mol. The van der Waals surface area contributed by atoms with Crippen molar-refractivity contribution in [2.75, 3.05) is 12.3 Å². The molecule has 0 atom stereocenters. The second kappa shape index (κ2) is 5.19. The van der Waals surface area contributed by atoms with Gasteiger partial charge in [-0.25, -0.2) is 4.98 Å². The molecule has 1 aromatic heterocycles. The predicted molar refractivity (Wildman–Crippen MR) is 71.6 cm³/mol. The van der Waals surface area contributed by atoms with E-state index in [1.165, 1.54) is 22.5 Å². The molecule has 0 fully saturated rings. The van der Waals surface area contributed by atoms with Crippen LogP contribution in [0, 0.1) is 13.8 Å². The van der Waals surface area contributed by atoms with Crippen LogP contribution in [-0.4, -0.2) is 11.6 Å². The van der Waals surface area contributed by atoms with Crippen molar-refractivity contribution >= 4 is 16.5 Å². The van der Waals surface area contributed by atoms with E-state index in [0.29, 0.717) is 11.7 Å². The summed E-state index contributed by atoms with van der Waals surface area (Å²) < 4.78 is 5.70. The molecule has 0 aliphatic heterocycles. The van der Waals surface area contributed by atoms with Gasteiger partial charge >= 0.3 is 0 Å². The number of hydrogen-bond donors (Lipinski definition) is 1. The van der Waals surface area contributed by atoms with Gasteiger partial charge in [0.15, 0.2) is 5.13 Å². The van der Waals surface area contributed by atoms with Gasteiger partial charge in [-0.15, -0.1) is 11.3 Å². The standard InChI is InChI=1S/C13H16N2OS/c1-9-5-10(2)7-12(6-9)16-4-3-11-8-17-13(14)15-11/h5-8H,3-4H2,1-2H3,(H2,14,15). The molecule has 2 rings (SSSR count). The molecule has 0 aliphatic carbocycles. The highest BCUT2D eigenvalue weighted by Gasteiger charge is 2.00. The molecule has 2 N–H and O–H groups in total. The molecule has 1 heterocycles. The molecule has 90 valence electrons. The van der Waals surface area contributed by atoms with Crippen molar-refractivity contribution in [1.29, 1.82) is 0 Å². The minimum Gasteiger partial charge on any atom is -0.493 e. The largest absolute Gasteiger partial charge is 0.493 e. The summed E-state index contributed by atoms with van der Waals surface area (Å²) >= 11 is 1.47. The van der Waals surface area contributed by atoms with Crippen LogP contribution in [0.3, 0.4) is 0 Å². The average Bonchev–Trinajstić information content (AvgIpc) is 2.63. The van der Waals surface area contributed by atoms with Crippen molar-refractivity contribution in [2.24, 2.45) is 0 Å². The SMILES string of the molecule is Cc1cc(C)cc(OCCc2csc(N)n2)c1. The molecule has 0 aliphatic rings. The third kappa shape index (κ3) is 3.46. The summed E-state index contributed by atoms with van der Waals surface area (Å²) in [5, 5.41) is 2.59. The van der Waals surface area contributed by atoms with Crippen LogP contribution in [0.25, 0.3) is 0 Å². The predicted octanol–water partition coefficient (Wildman–Crippen LogP) is 2.96. The summed E-state index contributed by atoms with van der Waals surface area (Å²) in [6, 6.07) is 6.22. The van der Waals surface area contributed by atoms with Gasteiger partial charge < -0.3 is 10.5 Å². The zero-order valence-electron chi connectivity index (χ0n) is 10.1. The first-order chi connectivity index (χ1) is 8.13. The number of ether oxygens (including phenoxy) is 1. The van der Waals surface area contributed by atoms with Crippen LogP contribution >= 0.6 is 11.3 Å².